The van der Waals surface area contributed by atoms with Crippen LogP contribution < -0.4 is 20.1 Å². The van der Waals surface area contributed by atoms with Gasteiger partial charge in [0.1, 0.15) is 5.70 Å². The molecule has 6 nitrogen and oxygen atoms in total. The Morgan fingerprint density at radius 3 is 2.55 bits per heavy atom. The molecule has 106 valence electrons. The smallest absolute Gasteiger partial charge is 0.326 e. The van der Waals surface area contributed by atoms with E-state index in [1.165, 1.54) is 13.2 Å². The Labute approximate surface area is 120 Å². The number of halogens is 1. The summed E-state index contributed by atoms with van der Waals surface area (Å²) in [6.07, 6.45) is 1.47. The molecule has 20 heavy (non-hydrogen) atoms. The van der Waals surface area contributed by atoms with E-state index in [-0.39, 0.29) is 5.70 Å². The summed E-state index contributed by atoms with van der Waals surface area (Å²) in [6, 6.07) is 2.68. The van der Waals surface area contributed by atoms with Crippen LogP contribution in [0.15, 0.2) is 17.8 Å². The van der Waals surface area contributed by atoms with Crippen molar-refractivity contribution < 1.29 is 19.1 Å². The topological polar surface area (TPSA) is 76.7 Å². The van der Waals surface area contributed by atoms with Gasteiger partial charge < -0.3 is 14.8 Å². The molecule has 0 spiro atoms. The first kappa shape index (κ1) is 14.2. The lowest BCUT2D eigenvalue weighted by atomic mass is 10.1. The molecule has 7 heteroatoms. The fourth-order valence-electron chi connectivity index (χ4n) is 1.73. The Bertz CT molecular complexity index is 598. The molecule has 1 aromatic rings. The van der Waals surface area contributed by atoms with Gasteiger partial charge in [-0.25, -0.2) is 4.79 Å². The maximum Gasteiger partial charge on any atom is 0.326 e. The number of methoxy groups -OCH3 is 1. The van der Waals surface area contributed by atoms with E-state index >= 15 is 0 Å². The highest BCUT2D eigenvalue weighted by Crippen LogP contribution is 2.34. The second kappa shape index (κ2) is 5.83. The Balaban J connectivity index is 2.40. The quantitative estimate of drug-likeness (QED) is 0.657. The Morgan fingerprint density at radius 2 is 2.00 bits per heavy atom. The summed E-state index contributed by atoms with van der Waals surface area (Å²) in [7, 11) is 1.51. The first-order valence-electron chi connectivity index (χ1n) is 5.89. The van der Waals surface area contributed by atoms with Crippen LogP contribution in [0.25, 0.3) is 6.08 Å². The van der Waals surface area contributed by atoms with Crippen LogP contribution in [0.5, 0.6) is 11.5 Å². The number of urea groups is 1. The van der Waals surface area contributed by atoms with Gasteiger partial charge in [-0.2, -0.15) is 0 Å². The summed E-state index contributed by atoms with van der Waals surface area (Å²) in [5.74, 6) is 0.508. The van der Waals surface area contributed by atoms with Gasteiger partial charge in [-0.15, -0.1) is 0 Å². The van der Waals surface area contributed by atoms with E-state index in [4.69, 9.17) is 21.1 Å². The zero-order valence-corrected chi connectivity index (χ0v) is 11.7. The summed E-state index contributed by atoms with van der Waals surface area (Å²) in [4.78, 5) is 22.5. The minimum Gasteiger partial charge on any atom is -0.493 e. The molecule has 1 aromatic carbocycles. The second-order valence-electron chi connectivity index (χ2n) is 3.92. The number of ether oxygens (including phenoxy) is 2. The number of rotatable bonds is 4. The van der Waals surface area contributed by atoms with E-state index < -0.39 is 11.9 Å². The molecule has 0 aromatic heterocycles. The van der Waals surface area contributed by atoms with Gasteiger partial charge in [-0.05, 0) is 24.6 Å². The molecule has 1 aliphatic rings. The van der Waals surface area contributed by atoms with Crippen LogP contribution in [0.2, 0.25) is 5.02 Å². The minimum absolute atomic E-state index is 0.128. The molecule has 2 rings (SSSR count). The first-order valence-corrected chi connectivity index (χ1v) is 6.27. The molecule has 3 amide bonds. The molecule has 0 radical (unpaired) electrons. The zero-order valence-electron chi connectivity index (χ0n) is 11.0. The summed E-state index contributed by atoms with van der Waals surface area (Å²) >= 11 is 6.13. The number of amides is 3. The molecule has 0 aliphatic carbocycles. The lowest BCUT2D eigenvalue weighted by Crippen LogP contribution is -2.22. The van der Waals surface area contributed by atoms with Gasteiger partial charge in [0.2, 0.25) is 0 Å². The highest BCUT2D eigenvalue weighted by Gasteiger charge is 2.23. The third-order valence-electron chi connectivity index (χ3n) is 2.60. The van der Waals surface area contributed by atoms with Crippen LogP contribution in [0.1, 0.15) is 12.5 Å². The SMILES string of the molecule is CCOc1cc(Cl)c(/C=C2/NC(=O)NC2=O)cc1OC. The molecule has 1 saturated heterocycles. The second-order valence-corrected chi connectivity index (χ2v) is 4.33. The van der Waals surface area contributed by atoms with Crippen LogP contribution >= 0.6 is 11.6 Å². The zero-order chi connectivity index (χ0) is 14.7. The Hall–Kier alpha value is -2.21. The van der Waals surface area contributed by atoms with Crippen molar-refractivity contribution in [2.75, 3.05) is 13.7 Å². The molecule has 1 heterocycles. The van der Waals surface area contributed by atoms with E-state index in [0.717, 1.165) is 0 Å². The highest BCUT2D eigenvalue weighted by molar-refractivity contribution is 6.32. The van der Waals surface area contributed by atoms with Gasteiger partial charge in [-0.3, -0.25) is 10.1 Å². The van der Waals surface area contributed by atoms with Gasteiger partial charge in [0.15, 0.2) is 11.5 Å². The summed E-state index contributed by atoms with van der Waals surface area (Å²) in [6.45, 7) is 2.33. The van der Waals surface area contributed by atoms with E-state index in [0.29, 0.717) is 28.7 Å². The molecular formula is C13H13ClN2O4. The van der Waals surface area contributed by atoms with Gasteiger partial charge in [0, 0.05) is 6.07 Å². The van der Waals surface area contributed by atoms with Crippen LogP contribution in [0.4, 0.5) is 4.79 Å². The minimum atomic E-state index is -0.560. The number of carbonyl (C=O) groups excluding carboxylic acids is 2. The normalized spacial score (nSPS) is 16.1. The van der Waals surface area contributed by atoms with Crippen molar-refractivity contribution >= 4 is 29.6 Å². The van der Waals surface area contributed by atoms with Crippen molar-refractivity contribution in [3.8, 4) is 11.5 Å². The van der Waals surface area contributed by atoms with Crippen LogP contribution in [0, 0.1) is 0 Å². The number of nitrogens with one attached hydrogen (secondary N) is 2. The molecule has 2 N–H and O–H groups in total. The van der Waals surface area contributed by atoms with Gasteiger partial charge >= 0.3 is 6.03 Å². The molecule has 0 atom stereocenters. The van der Waals surface area contributed by atoms with Crippen molar-refractivity contribution in [1.82, 2.24) is 10.6 Å². The third kappa shape index (κ3) is 2.85. The Morgan fingerprint density at radius 1 is 1.25 bits per heavy atom. The fourth-order valence-corrected chi connectivity index (χ4v) is 1.94. The maximum atomic E-state index is 11.5. The maximum absolute atomic E-state index is 11.5. The molecule has 0 unspecified atom stereocenters. The van der Waals surface area contributed by atoms with Crippen LogP contribution in [-0.2, 0) is 4.79 Å². The Kier molecular flexibility index (Phi) is 4.14. The van der Waals surface area contributed by atoms with Gasteiger partial charge in [0.25, 0.3) is 5.91 Å². The standard InChI is InChI=1S/C13H13ClN2O4/c1-3-20-11-6-8(14)7(5-10(11)19-2)4-9-12(17)16-13(18)15-9/h4-6H,3H2,1-2H3,(H2,15,16,17,18)/b9-4+. The predicted octanol–water partition coefficient (Wildman–Crippen LogP) is 1.93. The summed E-state index contributed by atoms with van der Waals surface area (Å²) < 4.78 is 10.6. The predicted molar refractivity (Wildman–Crippen MR) is 73.8 cm³/mol. The van der Waals surface area contributed by atoms with E-state index in [1.807, 2.05) is 6.92 Å². The highest BCUT2D eigenvalue weighted by atomic mass is 35.5. The number of benzene rings is 1. The lowest BCUT2D eigenvalue weighted by Gasteiger charge is -2.11. The summed E-state index contributed by atoms with van der Waals surface area (Å²) in [5, 5.41) is 4.88. The summed E-state index contributed by atoms with van der Waals surface area (Å²) in [5.41, 5.74) is 0.669. The van der Waals surface area contributed by atoms with Crippen molar-refractivity contribution in [3.05, 3.63) is 28.4 Å². The largest absolute Gasteiger partial charge is 0.493 e. The van der Waals surface area contributed by atoms with E-state index in [2.05, 4.69) is 10.6 Å². The van der Waals surface area contributed by atoms with Crippen molar-refractivity contribution in [3.63, 3.8) is 0 Å². The van der Waals surface area contributed by atoms with Gasteiger partial charge in [-0.1, -0.05) is 11.6 Å². The average Bonchev–Trinajstić information content (AvgIpc) is 2.71. The number of carbonyl (C=O) groups is 2. The average molecular weight is 297 g/mol. The van der Waals surface area contributed by atoms with Gasteiger partial charge in [0.05, 0.1) is 18.7 Å². The molecule has 1 aliphatic heterocycles. The van der Waals surface area contributed by atoms with Crippen molar-refractivity contribution in [2.45, 2.75) is 6.92 Å². The van der Waals surface area contributed by atoms with Crippen LogP contribution in [-0.4, -0.2) is 25.7 Å². The van der Waals surface area contributed by atoms with Crippen molar-refractivity contribution in [1.29, 1.82) is 0 Å². The molecular weight excluding hydrogens is 284 g/mol. The fraction of sp³-hybridized carbons (Fsp3) is 0.231. The molecule has 1 fully saturated rings. The monoisotopic (exact) mass is 296 g/mol. The number of imide groups is 1. The molecule has 0 saturated carbocycles. The first-order chi connectivity index (χ1) is 9.55. The third-order valence-corrected chi connectivity index (χ3v) is 2.93. The number of hydrogen-bond acceptors (Lipinski definition) is 4. The van der Waals surface area contributed by atoms with E-state index in [1.54, 1.807) is 12.1 Å². The van der Waals surface area contributed by atoms with E-state index in [9.17, 15) is 9.59 Å². The lowest BCUT2D eigenvalue weighted by molar-refractivity contribution is -0.115. The van der Waals surface area contributed by atoms with Crippen molar-refractivity contribution in [2.24, 2.45) is 0 Å². The van der Waals surface area contributed by atoms with Crippen LogP contribution in [0.3, 0.4) is 0 Å². The number of hydrogen-bond donors (Lipinski definition) is 2. The molecule has 0 bridgehead atoms.